The second-order valence-electron chi connectivity index (χ2n) is 5.70. The van der Waals surface area contributed by atoms with Gasteiger partial charge in [0.05, 0.1) is 13.5 Å². The van der Waals surface area contributed by atoms with Gasteiger partial charge in [-0.15, -0.1) is 0 Å². The minimum Gasteiger partial charge on any atom is -0.497 e. The van der Waals surface area contributed by atoms with Crippen molar-refractivity contribution in [3.8, 4) is 5.75 Å². The molecule has 0 unspecified atom stereocenters. The smallest absolute Gasteiger partial charge is 0.307 e. The third-order valence-electron chi connectivity index (χ3n) is 4.21. The molecule has 0 bridgehead atoms. The van der Waals surface area contributed by atoms with Gasteiger partial charge in [0.1, 0.15) is 5.75 Å². The van der Waals surface area contributed by atoms with Gasteiger partial charge in [0.15, 0.2) is 0 Å². The van der Waals surface area contributed by atoms with Gasteiger partial charge in [-0.3, -0.25) is 4.79 Å². The molecule has 4 heteroatoms. The largest absolute Gasteiger partial charge is 0.497 e. The van der Waals surface area contributed by atoms with Gasteiger partial charge >= 0.3 is 5.97 Å². The fourth-order valence-corrected chi connectivity index (χ4v) is 3.17. The number of carboxylic acid groups (broad SMARTS) is 1. The first-order valence-corrected chi connectivity index (χ1v) is 7.95. The number of ether oxygens (including phenoxy) is 1. The van der Waals surface area contributed by atoms with E-state index in [0.29, 0.717) is 5.02 Å². The number of halogens is 1. The monoisotopic (exact) mass is 340 g/mol. The number of benzene rings is 2. The van der Waals surface area contributed by atoms with Crippen molar-refractivity contribution in [1.29, 1.82) is 0 Å². The van der Waals surface area contributed by atoms with E-state index in [1.807, 2.05) is 49.4 Å². The summed E-state index contributed by atoms with van der Waals surface area (Å²) < 4.78 is 5.18. The summed E-state index contributed by atoms with van der Waals surface area (Å²) in [6.07, 6.45) is 2.05. The minimum absolute atomic E-state index is 0.0148. The van der Waals surface area contributed by atoms with Crippen molar-refractivity contribution in [1.82, 2.24) is 0 Å². The zero-order valence-electron chi connectivity index (χ0n) is 13.5. The molecule has 0 fully saturated rings. The van der Waals surface area contributed by atoms with Crippen LogP contribution in [0.5, 0.6) is 5.75 Å². The number of hydrogen-bond donors (Lipinski definition) is 1. The average molecular weight is 341 g/mol. The maximum absolute atomic E-state index is 11.2. The van der Waals surface area contributed by atoms with Crippen LogP contribution in [0, 0.1) is 0 Å². The zero-order valence-corrected chi connectivity index (χ0v) is 14.2. The summed E-state index contributed by atoms with van der Waals surface area (Å²) in [6.45, 7) is 1.96. The fraction of sp³-hybridized carbons (Fsp3) is 0.150. The number of methoxy groups -OCH3 is 1. The summed E-state index contributed by atoms with van der Waals surface area (Å²) in [5, 5.41) is 9.83. The first-order valence-electron chi connectivity index (χ1n) is 7.57. The van der Waals surface area contributed by atoms with Gasteiger partial charge in [0, 0.05) is 5.02 Å². The number of allylic oxidation sites excluding steroid dienone is 2. The molecule has 1 aliphatic rings. The maximum atomic E-state index is 11.2. The molecule has 24 heavy (non-hydrogen) atoms. The molecule has 1 aliphatic carbocycles. The number of carbonyl (C=O) groups is 1. The van der Waals surface area contributed by atoms with Crippen molar-refractivity contribution in [3.05, 3.63) is 69.8 Å². The normalized spacial score (nSPS) is 14.9. The van der Waals surface area contributed by atoms with Gasteiger partial charge in [-0.25, -0.2) is 0 Å². The Labute approximate surface area is 145 Å². The lowest BCUT2D eigenvalue weighted by Crippen LogP contribution is -1.96. The highest BCUT2D eigenvalue weighted by atomic mass is 35.5. The molecule has 2 aromatic carbocycles. The summed E-state index contributed by atoms with van der Waals surface area (Å²) in [6, 6.07) is 13.4. The quantitative estimate of drug-likeness (QED) is 0.837. The van der Waals surface area contributed by atoms with Gasteiger partial charge in [-0.1, -0.05) is 29.8 Å². The van der Waals surface area contributed by atoms with Gasteiger partial charge in [0.2, 0.25) is 0 Å². The lowest BCUT2D eigenvalue weighted by Gasteiger charge is -2.05. The Morgan fingerprint density at radius 2 is 1.88 bits per heavy atom. The molecule has 2 aromatic rings. The summed E-state index contributed by atoms with van der Waals surface area (Å²) in [7, 11) is 1.63. The van der Waals surface area contributed by atoms with E-state index in [0.717, 1.165) is 39.2 Å². The van der Waals surface area contributed by atoms with E-state index in [9.17, 15) is 9.90 Å². The van der Waals surface area contributed by atoms with E-state index < -0.39 is 5.97 Å². The number of aliphatic carboxylic acids is 1. The van der Waals surface area contributed by atoms with Crippen molar-refractivity contribution in [2.45, 2.75) is 13.3 Å². The van der Waals surface area contributed by atoms with E-state index in [1.165, 1.54) is 0 Å². The molecule has 0 saturated carbocycles. The molecule has 3 rings (SSSR count). The van der Waals surface area contributed by atoms with Crippen LogP contribution < -0.4 is 4.74 Å². The van der Waals surface area contributed by atoms with Crippen molar-refractivity contribution in [3.63, 3.8) is 0 Å². The Morgan fingerprint density at radius 1 is 1.17 bits per heavy atom. The number of fused-ring (bicyclic) bond motifs is 1. The van der Waals surface area contributed by atoms with E-state index in [2.05, 4.69) is 6.08 Å². The molecule has 3 nitrogen and oxygen atoms in total. The number of hydrogen-bond acceptors (Lipinski definition) is 2. The highest BCUT2D eigenvalue weighted by Crippen LogP contribution is 2.44. The summed E-state index contributed by atoms with van der Waals surface area (Å²) in [4.78, 5) is 11.2. The Kier molecular flexibility index (Phi) is 4.45. The molecule has 122 valence electrons. The Hall–Kier alpha value is -2.52. The molecule has 0 aliphatic heterocycles. The third-order valence-corrected chi connectivity index (χ3v) is 4.44. The van der Waals surface area contributed by atoms with Crippen LogP contribution >= 0.6 is 11.6 Å². The fourth-order valence-electron chi connectivity index (χ4n) is 3.00. The average Bonchev–Trinajstić information content (AvgIpc) is 2.80. The molecule has 0 radical (unpaired) electrons. The second-order valence-corrected chi connectivity index (χ2v) is 6.13. The summed E-state index contributed by atoms with van der Waals surface area (Å²) in [5.74, 6) is -0.0458. The summed E-state index contributed by atoms with van der Waals surface area (Å²) >= 11 is 6.11. The van der Waals surface area contributed by atoms with Gasteiger partial charge in [0.25, 0.3) is 0 Å². The van der Waals surface area contributed by atoms with Crippen LogP contribution in [-0.4, -0.2) is 18.2 Å². The van der Waals surface area contributed by atoms with Gasteiger partial charge in [-0.2, -0.15) is 0 Å². The zero-order chi connectivity index (χ0) is 17.3. The first-order chi connectivity index (χ1) is 11.5. The molecule has 0 heterocycles. The standard InChI is InChI=1S/C20H17ClO3/c1-12-17(9-13-3-6-15(24-2)7-4-13)16-8-5-14(21)10-19(16)18(12)11-20(22)23/h3-10H,11H2,1-2H3,(H,22,23)/b17-9-. The van der Waals surface area contributed by atoms with Crippen LogP contribution in [0.3, 0.4) is 0 Å². The molecule has 0 spiro atoms. The predicted molar refractivity (Wildman–Crippen MR) is 97.2 cm³/mol. The van der Waals surface area contributed by atoms with Crippen molar-refractivity contribution in [2.75, 3.05) is 7.11 Å². The van der Waals surface area contributed by atoms with Crippen molar-refractivity contribution < 1.29 is 14.6 Å². The van der Waals surface area contributed by atoms with Crippen LogP contribution in [0.2, 0.25) is 5.02 Å². The highest BCUT2D eigenvalue weighted by Gasteiger charge is 2.25. The Morgan fingerprint density at radius 3 is 2.50 bits per heavy atom. The Bertz CT molecular complexity index is 861. The molecule has 0 aromatic heterocycles. The van der Waals surface area contributed by atoms with Crippen LogP contribution in [0.1, 0.15) is 30.0 Å². The molecular weight excluding hydrogens is 324 g/mol. The molecular formula is C20H17ClO3. The Balaban J connectivity index is 2.11. The van der Waals surface area contributed by atoms with Crippen molar-refractivity contribution >= 4 is 34.8 Å². The lowest BCUT2D eigenvalue weighted by atomic mass is 10.0. The first kappa shape index (κ1) is 16.3. The molecule has 1 N–H and O–H groups in total. The van der Waals surface area contributed by atoms with E-state index in [1.54, 1.807) is 7.11 Å². The molecule has 0 amide bonds. The maximum Gasteiger partial charge on any atom is 0.307 e. The van der Waals surface area contributed by atoms with Crippen LogP contribution in [-0.2, 0) is 4.79 Å². The van der Waals surface area contributed by atoms with Gasteiger partial charge in [-0.05, 0) is 70.7 Å². The van der Waals surface area contributed by atoms with E-state index in [-0.39, 0.29) is 6.42 Å². The predicted octanol–water partition coefficient (Wildman–Crippen LogP) is 5.15. The lowest BCUT2D eigenvalue weighted by molar-refractivity contribution is -0.135. The highest BCUT2D eigenvalue weighted by molar-refractivity contribution is 6.31. The van der Waals surface area contributed by atoms with E-state index >= 15 is 0 Å². The molecule has 0 saturated heterocycles. The third kappa shape index (κ3) is 3.08. The van der Waals surface area contributed by atoms with Crippen molar-refractivity contribution in [2.24, 2.45) is 0 Å². The summed E-state index contributed by atoms with van der Waals surface area (Å²) in [5.41, 5.74) is 5.78. The van der Waals surface area contributed by atoms with Crippen LogP contribution in [0.25, 0.3) is 17.2 Å². The SMILES string of the molecule is COc1ccc(/C=C2/C(C)=C(CC(=O)O)c3cc(Cl)ccc32)cc1. The number of rotatable bonds is 4. The van der Waals surface area contributed by atoms with Gasteiger partial charge < -0.3 is 9.84 Å². The topological polar surface area (TPSA) is 46.5 Å². The second kappa shape index (κ2) is 6.54. The molecule has 0 atom stereocenters. The van der Waals surface area contributed by atoms with E-state index in [4.69, 9.17) is 16.3 Å². The van der Waals surface area contributed by atoms with Crippen LogP contribution in [0.15, 0.2) is 48.0 Å². The minimum atomic E-state index is -0.846. The van der Waals surface area contributed by atoms with Crippen LogP contribution in [0.4, 0.5) is 0 Å². The number of carboxylic acids is 1.